The lowest BCUT2D eigenvalue weighted by atomic mass is 10.1. The third kappa shape index (κ3) is 2.72. The third-order valence-electron chi connectivity index (χ3n) is 1.90. The zero-order valence-corrected chi connectivity index (χ0v) is 8.21. The average molecular weight is 187 g/mol. The maximum atomic E-state index is 10.5. The summed E-state index contributed by atoms with van der Waals surface area (Å²) in [7, 11) is 0. The summed E-state index contributed by atoms with van der Waals surface area (Å²) >= 11 is 0. The Bertz CT molecular complexity index is 385. The van der Waals surface area contributed by atoms with E-state index in [0.717, 1.165) is 23.0 Å². The molecule has 0 saturated heterocycles. The Labute approximate surface area is 84.1 Å². The van der Waals surface area contributed by atoms with Crippen LogP contribution in [0.5, 0.6) is 0 Å². The molecule has 0 aliphatic carbocycles. The van der Waals surface area contributed by atoms with Gasteiger partial charge in [0.15, 0.2) is 0 Å². The van der Waals surface area contributed by atoms with E-state index < -0.39 is 0 Å². The Kier molecular flexibility index (Phi) is 3.90. The number of nitrogens with two attached hydrogens (primary N) is 1. The van der Waals surface area contributed by atoms with Crippen LogP contribution in [0.15, 0.2) is 18.2 Å². The van der Waals surface area contributed by atoms with Crippen LogP contribution in [0, 0.1) is 18.8 Å². The summed E-state index contributed by atoms with van der Waals surface area (Å²) in [4.78, 5) is 10.5. The van der Waals surface area contributed by atoms with Gasteiger partial charge in [0.05, 0.1) is 0 Å². The largest absolute Gasteiger partial charge is 0.330 e. The topological polar surface area (TPSA) is 43.1 Å². The molecular formula is C12H13NO. The molecule has 1 aromatic rings. The van der Waals surface area contributed by atoms with Crippen LogP contribution in [0.1, 0.15) is 27.9 Å². The predicted molar refractivity (Wildman–Crippen MR) is 57.1 cm³/mol. The highest BCUT2D eigenvalue weighted by atomic mass is 16.1. The number of aldehydes is 1. The van der Waals surface area contributed by atoms with Crippen LogP contribution in [0.2, 0.25) is 0 Å². The molecular weight excluding hydrogens is 174 g/mol. The molecule has 14 heavy (non-hydrogen) atoms. The summed E-state index contributed by atoms with van der Waals surface area (Å²) in [6, 6.07) is 5.54. The smallest absolute Gasteiger partial charge is 0.150 e. The molecule has 72 valence electrons. The Morgan fingerprint density at radius 1 is 1.50 bits per heavy atom. The second kappa shape index (κ2) is 5.21. The van der Waals surface area contributed by atoms with Crippen molar-refractivity contribution in [2.75, 3.05) is 6.54 Å². The van der Waals surface area contributed by atoms with Crippen molar-refractivity contribution >= 4 is 6.29 Å². The molecule has 0 unspecified atom stereocenters. The molecule has 0 spiro atoms. The lowest BCUT2D eigenvalue weighted by Gasteiger charge is -1.97. The van der Waals surface area contributed by atoms with Gasteiger partial charge in [0, 0.05) is 24.1 Å². The quantitative estimate of drug-likeness (QED) is 0.563. The number of carbonyl (C=O) groups is 1. The number of aryl methyl sites for hydroxylation is 1. The average Bonchev–Trinajstić information content (AvgIpc) is 2.18. The lowest BCUT2D eigenvalue weighted by Crippen LogP contribution is -1.95. The molecule has 0 aliphatic rings. The van der Waals surface area contributed by atoms with Crippen molar-refractivity contribution in [2.24, 2.45) is 5.73 Å². The molecule has 0 saturated carbocycles. The summed E-state index contributed by atoms with van der Waals surface area (Å²) in [6.45, 7) is 2.48. The van der Waals surface area contributed by atoms with Crippen LogP contribution in [0.4, 0.5) is 0 Å². The van der Waals surface area contributed by atoms with E-state index in [1.807, 2.05) is 19.1 Å². The summed E-state index contributed by atoms with van der Waals surface area (Å²) < 4.78 is 0. The number of rotatable bonds is 2. The first kappa shape index (κ1) is 10.5. The monoisotopic (exact) mass is 187 g/mol. The SMILES string of the molecule is Cc1cc(C#CCCN)ccc1C=O. The van der Waals surface area contributed by atoms with Crippen molar-refractivity contribution in [3.8, 4) is 11.8 Å². The van der Waals surface area contributed by atoms with E-state index >= 15 is 0 Å². The Morgan fingerprint density at radius 3 is 2.86 bits per heavy atom. The van der Waals surface area contributed by atoms with Gasteiger partial charge in [-0.25, -0.2) is 0 Å². The van der Waals surface area contributed by atoms with Gasteiger partial charge in [-0.2, -0.15) is 0 Å². The molecule has 2 heteroatoms. The van der Waals surface area contributed by atoms with Gasteiger partial charge in [-0.05, 0) is 24.6 Å². The second-order valence-corrected chi connectivity index (χ2v) is 3.03. The summed E-state index contributed by atoms with van der Waals surface area (Å²) in [5.74, 6) is 5.94. The molecule has 0 radical (unpaired) electrons. The van der Waals surface area contributed by atoms with Gasteiger partial charge in [0.1, 0.15) is 6.29 Å². The third-order valence-corrected chi connectivity index (χ3v) is 1.90. The van der Waals surface area contributed by atoms with E-state index in [-0.39, 0.29) is 0 Å². The van der Waals surface area contributed by atoms with E-state index in [9.17, 15) is 4.79 Å². The van der Waals surface area contributed by atoms with Gasteiger partial charge in [0.25, 0.3) is 0 Å². The van der Waals surface area contributed by atoms with Crippen LogP contribution < -0.4 is 5.73 Å². The van der Waals surface area contributed by atoms with Gasteiger partial charge in [-0.1, -0.05) is 17.9 Å². The maximum absolute atomic E-state index is 10.5. The van der Waals surface area contributed by atoms with Crippen LogP contribution in [-0.4, -0.2) is 12.8 Å². The predicted octanol–water partition coefficient (Wildman–Crippen LogP) is 1.51. The first-order valence-electron chi connectivity index (χ1n) is 4.52. The minimum absolute atomic E-state index is 0.582. The van der Waals surface area contributed by atoms with Crippen molar-refractivity contribution < 1.29 is 4.79 Å². The summed E-state index contributed by atoms with van der Waals surface area (Å²) in [5, 5.41) is 0. The zero-order valence-electron chi connectivity index (χ0n) is 8.21. The fourth-order valence-corrected chi connectivity index (χ4v) is 1.12. The molecule has 1 aromatic carbocycles. The number of carbonyl (C=O) groups excluding carboxylic acids is 1. The number of benzene rings is 1. The Morgan fingerprint density at radius 2 is 2.29 bits per heavy atom. The first-order valence-corrected chi connectivity index (χ1v) is 4.52. The minimum atomic E-state index is 0.582. The van der Waals surface area contributed by atoms with Gasteiger partial charge in [-0.3, -0.25) is 4.79 Å². The fraction of sp³-hybridized carbons (Fsp3) is 0.250. The van der Waals surface area contributed by atoms with Crippen LogP contribution in [-0.2, 0) is 0 Å². The molecule has 0 aromatic heterocycles. The fourth-order valence-electron chi connectivity index (χ4n) is 1.12. The first-order chi connectivity index (χ1) is 6.77. The van der Waals surface area contributed by atoms with Crippen molar-refractivity contribution in [1.82, 2.24) is 0 Å². The highest BCUT2D eigenvalue weighted by molar-refractivity contribution is 5.77. The van der Waals surface area contributed by atoms with Crippen molar-refractivity contribution in [3.05, 3.63) is 34.9 Å². The van der Waals surface area contributed by atoms with Gasteiger partial charge >= 0.3 is 0 Å². The van der Waals surface area contributed by atoms with Crippen LogP contribution in [0.25, 0.3) is 0 Å². The number of hydrogen-bond acceptors (Lipinski definition) is 2. The molecule has 0 bridgehead atoms. The van der Waals surface area contributed by atoms with Crippen molar-refractivity contribution in [1.29, 1.82) is 0 Å². The van der Waals surface area contributed by atoms with Crippen LogP contribution >= 0.6 is 0 Å². The summed E-state index contributed by atoms with van der Waals surface area (Å²) in [6.07, 6.45) is 1.56. The van der Waals surface area contributed by atoms with E-state index in [1.54, 1.807) is 6.07 Å². The standard InChI is InChI=1S/C12H13NO/c1-10-8-11(4-2-3-7-13)5-6-12(10)9-14/h5-6,8-9H,3,7,13H2,1H3. The molecule has 0 aliphatic heterocycles. The molecule has 0 fully saturated rings. The van der Waals surface area contributed by atoms with Gasteiger partial charge in [-0.15, -0.1) is 0 Å². The van der Waals surface area contributed by atoms with Crippen molar-refractivity contribution in [3.63, 3.8) is 0 Å². The van der Waals surface area contributed by atoms with E-state index in [1.165, 1.54) is 0 Å². The second-order valence-electron chi connectivity index (χ2n) is 3.03. The maximum Gasteiger partial charge on any atom is 0.150 e. The molecule has 0 atom stereocenters. The minimum Gasteiger partial charge on any atom is -0.330 e. The zero-order chi connectivity index (χ0) is 10.4. The highest BCUT2D eigenvalue weighted by Gasteiger charge is 1.95. The number of hydrogen-bond donors (Lipinski definition) is 1. The Hall–Kier alpha value is -1.59. The molecule has 2 N–H and O–H groups in total. The summed E-state index contributed by atoms with van der Waals surface area (Å²) in [5.41, 5.74) is 7.93. The molecule has 0 amide bonds. The molecule has 1 rings (SSSR count). The molecule has 0 heterocycles. The highest BCUT2D eigenvalue weighted by Crippen LogP contribution is 2.07. The molecule has 2 nitrogen and oxygen atoms in total. The van der Waals surface area contributed by atoms with E-state index in [0.29, 0.717) is 13.0 Å². The van der Waals surface area contributed by atoms with Crippen molar-refractivity contribution in [2.45, 2.75) is 13.3 Å². The Balaban J connectivity index is 2.88. The van der Waals surface area contributed by atoms with Crippen LogP contribution in [0.3, 0.4) is 0 Å². The van der Waals surface area contributed by atoms with Gasteiger partial charge in [0.2, 0.25) is 0 Å². The van der Waals surface area contributed by atoms with E-state index in [4.69, 9.17) is 5.73 Å². The van der Waals surface area contributed by atoms with Gasteiger partial charge < -0.3 is 5.73 Å². The lowest BCUT2D eigenvalue weighted by molar-refractivity contribution is 0.112. The normalized spacial score (nSPS) is 9.00. The van der Waals surface area contributed by atoms with E-state index in [2.05, 4.69) is 11.8 Å².